The molecule has 2 aromatic heterocycles. The Morgan fingerprint density at radius 1 is 1.35 bits per heavy atom. The van der Waals surface area contributed by atoms with E-state index in [1.54, 1.807) is 0 Å². The van der Waals surface area contributed by atoms with Gasteiger partial charge in [-0.25, -0.2) is 0 Å². The Hall–Kier alpha value is -2.67. The van der Waals surface area contributed by atoms with E-state index >= 15 is 0 Å². The summed E-state index contributed by atoms with van der Waals surface area (Å²) in [6.07, 6.45) is -0.0141. The Bertz CT molecular complexity index is 874. The van der Waals surface area contributed by atoms with Crippen LogP contribution in [0.1, 0.15) is 30.4 Å². The van der Waals surface area contributed by atoms with E-state index in [1.807, 2.05) is 56.5 Å². The van der Waals surface area contributed by atoms with Crippen molar-refractivity contribution in [3.05, 3.63) is 52.7 Å². The van der Waals surface area contributed by atoms with Crippen LogP contribution in [0.25, 0.3) is 10.7 Å². The largest absolute Gasteiger partial charge is 0.480 e. The highest BCUT2D eigenvalue weighted by atomic mass is 32.1. The fourth-order valence-corrected chi connectivity index (χ4v) is 3.17. The molecule has 0 aliphatic rings. The van der Waals surface area contributed by atoms with Gasteiger partial charge in [0.25, 0.3) is 5.91 Å². The van der Waals surface area contributed by atoms with Gasteiger partial charge in [-0.2, -0.15) is 4.98 Å². The summed E-state index contributed by atoms with van der Waals surface area (Å²) in [5.74, 6) is 1.41. The lowest BCUT2D eigenvalue weighted by Gasteiger charge is -2.18. The number of benzene rings is 1. The molecule has 0 saturated carbocycles. The number of ether oxygens (including phenoxy) is 1. The molecule has 3 rings (SSSR count). The molecule has 1 amide bonds. The molecule has 3 aromatic rings. The highest BCUT2D eigenvalue weighted by Gasteiger charge is 2.20. The molecule has 0 bridgehead atoms. The molecule has 0 aliphatic heterocycles. The molecule has 0 unspecified atom stereocenters. The van der Waals surface area contributed by atoms with Crippen LogP contribution in [-0.2, 0) is 11.3 Å². The van der Waals surface area contributed by atoms with E-state index in [9.17, 15) is 4.79 Å². The summed E-state index contributed by atoms with van der Waals surface area (Å²) < 4.78 is 11.1. The van der Waals surface area contributed by atoms with Crippen LogP contribution in [0.4, 0.5) is 0 Å². The SMILES string of the molecule is CC[C@H](Oc1ccc(C)cc1C)C(=O)NCc1nc(-c2cccs2)no1. The van der Waals surface area contributed by atoms with Gasteiger partial charge in [0.15, 0.2) is 6.10 Å². The van der Waals surface area contributed by atoms with E-state index in [1.165, 1.54) is 11.3 Å². The van der Waals surface area contributed by atoms with Crippen LogP contribution in [0.5, 0.6) is 5.75 Å². The first-order valence-electron chi connectivity index (χ1n) is 8.45. The molecular formula is C19H21N3O3S. The maximum absolute atomic E-state index is 12.4. The first kappa shape index (κ1) is 18.1. The first-order chi connectivity index (χ1) is 12.6. The van der Waals surface area contributed by atoms with Gasteiger partial charge in [-0.1, -0.05) is 35.8 Å². The molecular weight excluding hydrogens is 350 g/mol. The summed E-state index contributed by atoms with van der Waals surface area (Å²) in [5, 5.41) is 8.68. The molecule has 0 spiro atoms. The summed E-state index contributed by atoms with van der Waals surface area (Å²) in [7, 11) is 0. The lowest BCUT2D eigenvalue weighted by Crippen LogP contribution is -2.37. The molecule has 7 heteroatoms. The van der Waals surface area contributed by atoms with Crippen molar-refractivity contribution in [3.8, 4) is 16.5 Å². The van der Waals surface area contributed by atoms with E-state index in [4.69, 9.17) is 9.26 Å². The number of aromatic nitrogens is 2. The van der Waals surface area contributed by atoms with Gasteiger partial charge in [-0.15, -0.1) is 11.3 Å². The average molecular weight is 371 g/mol. The Kier molecular flexibility index (Phi) is 5.68. The minimum atomic E-state index is -0.573. The second-order valence-electron chi connectivity index (χ2n) is 5.99. The molecule has 6 nitrogen and oxygen atoms in total. The lowest BCUT2D eigenvalue weighted by molar-refractivity contribution is -0.128. The van der Waals surface area contributed by atoms with Gasteiger partial charge in [-0.05, 0) is 43.3 Å². The van der Waals surface area contributed by atoms with Gasteiger partial charge in [0.1, 0.15) is 5.75 Å². The van der Waals surface area contributed by atoms with Gasteiger partial charge in [0.05, 0.1) is 11.4 Å². The van der Waals surface area contributed by atoms with Gasteiger partial charge in [0, 0.05) is 0 Å². The predicted molar refractivity (Wildman–Crippen MR) is 100 cm³/mol. The number of hydrogen-bond donors (Lipinski definition) is 1. The third-order valence-electron chi connectivity index (χ3n) is 3.89. The number of nitrogens with one attached hydrogen (secondary N) is 1. The number of carbonyl (C=O) groups excluding carboxylic acids is 1. The van der Waals surface area contributed by atoms with Gasteiger partial charge in [0.2, 0.25) is 11.7 Å². The smallest absolute Gasteiger partial charge is 0.261 e. The summed E-state index contributed by atoms with van der Waals surface area (Å²) >= 11 is 1.53. The summed E-state index contributed by atoms with van der Waals surface area (Å²) in [5.41, 5.74) is 2.17. The molecule has 1 aromatic carbocycles. The number of thiophene rings is 1. The minimum Gasteiger partial charge on any atom is -0.480 e. The van der Waals surface area contributed by atoms with Crippen LogP contribution < -0.4 is 10.1 Å². The van der Waals surface area contributed by atoms with Crippen molar-refractivity contribution in [1.82, 2.24) is 15.5 Å². The maximum Gasteiger partial charge on any atom is 0.261 e. The van der Waals surface area contributed by atoms with E-state index in [0.29, 0.717) is 18.1 Å². The molecule has 26 heavy (non-hydrogen) atoms. The minimum absolute atomic E-state index is 0.171. The Balaban J connectivity index is 1.59. The molecule has 1 N–H and O–H groups in total. The maximum atomic E-state index is 12.4. The van der Waals surface area contributed by atoms with Crippen molar-refractivity contribution < 1.29 is 14.1 Å². The fourth-order valence-electron chi connectivity index (χ4n) is 2.52. The normalized spacial score (nSPS) is 12.0. The number of aryl methyl sites for hydroxylation is 2. The number of nitrogens with zero attached hydrogens (tertiary/aromatic N) is 2. The molecule has 2 heterocycles. The van der Waals surface area contributed by atoms with Crippen molar-refractivity contribution in [2.75, 3.05) is 0 Å². The zero-order valence-electron chi connectivity index (χ0n) is 15.0. The number of hydrogen-bond acceptors (Lipinski definition) is 6. The van der Waals surface area contributed by atoms with Crippen LogP contribution in [-0.4, -0.2) is 22.2 Å². The lowest BCUT2D eigenvalue weighted by atomic mass is 10.1. The van der Waals surface area contributed by atoms with E-state index in [0.717, 1.165) is 21.8 Å². The Morgan fingerprint density at radius 2 is 2.19 bits per heavy atom. The van der Waals surface area contributed by atoms with Crippen molar-refractivity contribution in [1.29, 1.82) is 0 Å². The predicted octanol–water partition coefficient (Wildman–Crippen LogP) is 3.89. The second kappa shape index (κ2) is 8.14. The summed E-state index contributed by atoms with van der Waals surface area (Å²) in [6.45, 7) is 6.08. The standard InChI is InChI=1S/C19H21N3O3S/c1-4-14(24-15-8-7-12(2)10-13(15)3)19(23)20-11-17-21-18(22-25-17)16-6-5-9-26-16/h5-10,14H,4,11H2,1-3H3,(H,20,23)/t14-/m0/s1. The van der Waals surface area contributed by atoms with E-state index < -0.39 is 6.10 Å². The monoisotopic (exact) mass is 371 g/mol. The summed E-state index contributed by atoms with van der Waals surface area (Å²) in [6, 6.07) is 9.74. The van der Waals surface area contributed by atoms with Crippen molar-refractivity contribution in [3.63, 3.8) is 0 Å². The van der Waals surface area contributed by atoms with Gasteiger partial charge >= 0.3 is 0 Å². The number of rotatable bonds is 7. The van der Waals surface area contributed by atoms with Gasteiger partial charge < -0.3 is 14.6 Å². The molecule has 0 fully saturated rings. The quantitative estimate of drug-likeness (QED) is 0.682. The number of carbonyl (C=O) groups is 1. The molecule has 0 aliphatic carbocycles. The van der Waals surface area contributed by atoms with Gasteiger partial charge in [-0.3, -0.25) is 4.79 Å². The van der Waals surface area contributed by atoms with E-state index in [-0.39, 0.29) is 12.5 Å². The third kappa shape index (κ3) is 4.29. The van der Waals surface area contributed by atoms with Crippen LogP contribution in [0, 0.1) is 13.8 Å². The van der Waals surface area contributed by atoms with Crippen molar-refractivity contribution >= 4 is 17.2 Å². The number of amides is 1. The summed E-state index contributed by atoms with van der Waals surface area (Å²) in [4.78, 5) is 17.7. The van der Waals surface area contributed by atoms with Crippen LogP contribution in [0.2, 0.25) is 0 Å². The Labute approximate surface area is 156 Å². The van der Waals surface area contributed by atoms with Crippen LogP contribution in [0.3, 0.4) is 0 Å². The van der Waals surface area contributed by atoms with Crippen molar-refractivity contribution in [2.45, 2.75) is 39.8 Å². The Morgan fingerprint density at radius 3 is 2.88 bits per heavy atom. The fraction of sp³-hybridized carbons (Fsp3) is 0.316. The highest BCUT2D eigenvalue weighted by molar-refractivity contribution is 7.13. The average Bonchev–Trinajstić information content (AvgIpc) is 3.30. The van der Waals surface area contributed by atoms with Crippen LogP contribution >= 0.6 is 11.3 Å². The molecule has 0 saturated heterocycles. The zero-order valence-corrected chi connectivity index (χ0v) is 15.8. The molecule has 1 atom stereocenters. The van der Waals surface area contributed by atoms with Crippen molar-refractivity contribution in [2.24, 2.45) is 0 Å². The third-order valence-corrected chi connectivity index (χ3v) is 4.75. The van der Waals surface area contributed by atoms with E-state index in [2.05, 4.69) is 15.5 Å². The highest BCUT2D eigenvalue weighted by Crippen LogP contribution is 2.22. The second-order valence-corrected chi connectivity index (χ2v) is 6.94. The van der Waals surface area contributed by atoms with Crippen LogP contribution in [0.15, 0.2) is 40.2 Å². The first-order valence-corrected chi connectivity index (χ1v) is 9.33. The molecule has 0 radical (unpaired) electrons. The molecule has 136 valence electrons. The topological polar surface area (TPSA) is 77.2 Å². The zero-order chi connectivity index (χ0) is 18.5.